The van der Waals surface area contributed by atoms with Gasteiger partial charge in [-0.3, -0.25) is 14.3 Å². The van der Waals surface area contributed by atoms with Gasteiger partial charge in [-0.1, -0.05) is 6.07 Å². The molecule has 0 unspecified atom stereocenters. The lowest BCUT2D eigenvalue weighted by Crippen LogP contribution is -2.32. The molecule has 1 aliphatic heterocycles. The normalized spacial score (nSPS) is 16.5. The lowest BCUT2D eigenvalue weighted by atomic mass is 9.95. The number of nitrogens with zero attached hydrogens (tertiary/aromatic N) is 5. The largest absolute Gasteiger partial charge is 0.350 e. The Kier molecular flexibility index (Phi) is 5.83. The van der Waals surface area contributed by atoms with Crippen molar-refractivity contribution in [3.8, 4) is 0 Å². The van der Waals surface area contributed by atoms with Gasteiger partial charge in [-0.2, -0.15) is 5.10 Å². The first-order chi connectivity index (χ1) is 14.5. The highest BCUT2D eigenvalue weighted by atomic mass is 32.1. The summed E-state index contributed by atoms with van der Waals surface area (Å²) in [7, 11) is 5.73. The van der Waals surface area contributed by atoms with Gasteiger partial charge < -0.3 is 15.1 Å². The first-order valence-electron chi connectivity index (χ1n) is 10.0. The number of thiophene rings is 1. The molecule has 1 fully saturated rings. The van der Waals surface area contributed by atoms with E-state index in [9.17, 15) is 9.59 Å². The van der Waals surface area contributed by atoms with Gasteiger partial charge in [-0.05, 0) is 38.2 Å². The second-order valence-electron chi connectivity index (χ2n) is 7.84. The quantitative estimate of drug-likeness (QED) is 0.651. The van der Waals surface area contributed by atoms with E-state index >= 15 is 0 Å². The molecule has 1 atom stereocenters. The van der Waals surface area contributed by atoms with Crippen LogP contribution in [0.3, 0.4) is 0 Å². The minimum Gasteiger partial charge on any atom is -0.350 e. The number of carbonyl (C=O) groups excluding carboxylic acids is 2. The van der Waals surface area contributed by atoms with Crippen molar-refractivity contribution in [2.24, 2.45) is 7.05 Å². The van der Waals surface area contributed by atoms with E-state index in [1.54, 1.807) is 30.2 Å². The van der Waals surface area contributed by atoms with Crippen LogP contribution in [0.4, 0.5) is 0 Å². The minimum absolute atomic E-state index is 0.0212. The predicted molar refractivity (Wildman–Crippen MR) is 117 cm³/mol. The lowest BCUT2D eigenvalue weighted by molar-refractivity contribution is 0.0780. The molecule has 0 bridgehead atoms. The summed E-state index contributed by atoms with van der Waals surface area (Å²) < 4.78 is 1.60. The van der Waals surface area contributed by atoms with Gasteiger partial charge in [-0.15, -0.1) is 11.3 Å². The second-order valence-corrected chi connectivity index (χ2v) is 8.84. The monoisotopic (exact) mass is 426 g/mol. The van der Waals surface area contributed by atoms with Gasteiger partial charge in [0.1, 0.15) is 10.5 Å². The van der Waals surface area contributed by atoms with Gasteiger partial charge in [-0.25, -0.2) is 4.98 Å². The number of hydrogen-bond donors (Lipinski definition) is 1. The van der Waals surface area contributed by atoms with Gasteiger partial charge in [0.15, 0.2) is 0 Å². The van der Waals surface area contributed by atoms with Crippen LogP contribution in [0.2, 0.25) is 0 Å². The molecule has 1 N–H and O–H groups in total. The maximum absolute atomic E-state index is 13.0. The Morgan fingerprint density at radius 2 is 2.13 bits per heavy atom. The molecule has 158 valence electrons. The van der Waals surface area contributed by atoms with Crippen molar-refractivity contribution in [2.45, 2.75) is 12.3 Å². The molecule has 0 spiro atoms. The Hall–Kier alpha value is -2.78. The van der Waals surface area contributed by atoms with E-state index in [0.29, 0.717) is 30.2 Å². The van der Waals surface area contributed by atoms with E-state index in [1.165, 1.54) is 11.3 Å². The van der Waals surface area contributed by atoms with Gasteiger partial charge >= 0.3 is 0 Å². The van der Waals surface area contributed by atoms with Crippen molar-refractivity contribution < 1.29 is 9.59 Å². The standard InChI is InChI=1S/C21H26N6O2S/c1-25(2)12-10-22-19(28)18-17(15-5-4-8-23-20(15)30-18)14-7-11-27(13-14)21(29)16-6-9-24-26(16)3/h4-6,8-9,14H,7,10-13H2,1-3H3,(H,22,28)/t14-/m1/s1. The second kappa shape index (κ2) is 8.53. The number of rotatable bonds is 6. The highest BCUT2D eigenvalue weighted by Gasteiger charge is 2.33. The van der Waals surface area contributed by atoms with Crippen LogP contribution in [0.15, 0.2) is 30.6 Å². The molecular formula is C21H26N6O2S. The highest BCUT2D eigenvalue weighted by molar-refractivity contribution is 7.20. The zero-order valence-electron chi connectivity index (χ0n) is 17.5. The SMILES string of the molecule is CN(C)CCNC(=O)c1sc2ncccc2c1[C@@H]1CCN(C(=O)c2ccnn2C)C1. The predicted octanol–water partition coefficient (Wildman–Crippen LogP) is 1.95. The van der Waals surface area contributed by atoms with Crippen LogP contribution in [0.5, 0.6) is 0 Å². The summed E-state index contributed by atoms with van der Waals surface area (Å²) in [5, 5.41) is 8.15. The average molecular weight is 427 g/mol. The van der Waals surface area contributed by atoms with E-state index in [4.69, 9.17) is 0 Å². The average Bonchev–Trinajstić information content (AvgIpc) is 3.44. The van der Waals surface area contributed by atoms with E-state index in [1.807, 2.05) is 36.0 Å². The van der Waals surface area contributed by atoms with Crippen LogP contribution in [0, 0.1) is 0 Å². The molecule has 4 heterocycles. The van der Waals surface area contributed by atoms with Gasteiger partial charge in [0.2, 0.25) is 0 Å². The number of hydrogen-bond acceptors (Lipinski definition) is 6. The van der Waals surface area contributed by atoms with Crippen molar-refractivity contribution in [3.05, 3.63) is 46.7 Å². The summed E-state index contributed by atoms with van der Waals surface area (Å²) in [4.78, 5) is 35.8. The van der Waals surface area contributed by atoms with Crippen molar-refractivity contribution in [1.29, 1.82) is 0 Å². The highest BCUT2D eigenvalue weighted by Crippen LogP contribution is 2.39. The van der Waals surface area contributed by atoms with Gasteiger partial charge in [0, 0.05) is 56.9 Å². The molecule has 1 aliphatic rings. The first kappa shape index (κ1) is 20.5. The molecule has 4 rings (SSSR count). The fraction of sp³-hybridized carbons (Fsp3) is 0.429. The third kappa shape index (κ3) is 3.95. The topological polar surface area (TPSA) is 83.4 Å². The summed E-state index contributed by atoms with van der Waals surface area (Å²) in [6.07, 6.45) is 4.21. The number of pyridine rings is 1. The summed E-state index contributed by atoms with van der Waals surface area (Å²) in [5.41, 5.74) is 1.60. The Labute approximate surface area is 179 Å². The summed E-state index contributed by atoms with van der Waals surface area (Å²) in [5.74, 6) is 0.0214. The number of carbonyl (C=O) groups is 2. The van der Waals surface area contributed by atoms with Crippen LogP contribution < -0.4 is 5.32 Å². The van der Waals surface area contributed by atoms with E-state index < -0.39 is 0 Å². The molecule has 9 heteroatoms. The smallest absolute Gasteiger partial charge is 0.272 e. The third-order valence-corrected chi connectivity index (χ3v) is 6.61. The summed E-state index contributed by atoms with van der Waals surface area (Å²) in [6, 6.07) is 5.67. The Morgan fingerprint density at radius 1 is 1.30 bits per heavy atom. The van der Waals surface area contributed by atoms with Crippen molar-refractivity contribution in [3.63, 3.8) is 0 Å². The number of aromatic nitrogens is 3. The Balaban J connectivity index is 1.59. The molecular weight excluding hydrogens is 400 g/mol. The number of aryl methyl sites for hydroxylation is 1. The number of likely N-dealkylation sites (N-methyl/N-ethyl adjacent to an activating group) is 1. The molecule has 1 saturated heterocycles. The van der Waals surface area contributed by atoms with Crippen LogP contribution in [-0.2, 0) is 7.05 Å². The molecule has 0 aromatic carbocycles. The Bertz CT molecular complexity index is 1070. The molecule has 3 aromatic heterocycles. The fourth-order valence-corrected chi connectivity index (χ4v) is 5.07. The zero-order chi connectivity index (χ0) is 21.3. The number of amides is 2. The molecule has 3 aromatic rings. The van der Waals surface area contributed by atoms with E-state index in [-0.39, 0.29) is 17.7 Å². The zero-order valence-corrected chi connectivity index (χ0v) is 18.3. The molecule has 30 heavy (non-hydrogen) atoms. The van der Waals surface area contributed by atoms with Crippen LogP contribution in [0.25, 0.3) is 10.2 Å². The van der Waals surface area contributed by atoms with Gasteiger partial charge in [0.05, 0.1) is 4.88 Å². The van der Waals surface area contributed by atoms with Crippen molar-refractivity contribution in [2.75, 3.05) is 40.3 Å². The van der Waals surface area contributed by atoms with E-state index in [0.717, 1.165) is 28.7 Å². The molecule has 0 aliphatic carbocycles. The van der Waals surface area contributed by atoms with E-state index in [2.05, 4.69) is 15.4 Å². The minimum atomic E-state index is -0.0636. The number of likely N-dealkylation sites (tertiary alicyclic amines) is 1. The first-order valence-corrected chi connectivity index (χ1v) is 10.8. The molecule has 2 amide bonds. The van der Waals surface area contributed by atoms with Crippen molar-refractivity contribution >= 4 is 33.4 Å². The lowest BCUT2D eigenvalue weighted by Gasteiger charge is -2.17. The van der Waals surface area contributed by atoms with Gasteiger partial charge in [0.25, 0.3) is 11.8 Å². The maximum atomic E-state index is 13.0. The maximum Gasteiger partial charge on any atom is 0.272 e. The number of fused-ring (bicyclic) bond motifs is 1. The molecule has 8 nitrogen and oxygen atoms in total. The summed E-state index contributed by atoms with van der Waals surface area (Å²) in [6.45, 7) is 2.61. The third-order valence-electron chi connectivity index (χ3n) is 5.48. The van der Waals surface area contributed by atoms with Crippen molar-refractivity contribution in [1.82, 2.24) is 29.9 Å². The summed E-state index contributed by atoms with van der Waals surface area (Å²) >= 11 is 1.43. The number of nitrogens with one attached hydrogen (secondary N) is 1. The van der Waals surface area contributed by atoms with Crippen LogP contribution in [-0.4, -0.2) is 76.7 Å². The van der Waals surface area contributed by atoms with Crippen LogP contribution >= 0.6 is 11.3 Å². The molecule has 0 saturated carbocycles. The fourth-order valence-electron chi connectivity index (χ4n) is 3.92. The Morgan fingerprint density at radius 3 is 2.87 bits per heavy atom. The molecule has 0 radical (unpaired) electrons. The van der Waals surface area contributed by atoms with Crippen LogP contribution in [0.1, 0.15) is 38.1 Å².